The SMILES string of the molecule is CNC(=O)C(CN)Cc1cccc(Oc2ccccc2)c1. The number of hydrogen-bond acceptors (Lipinski definition) is 3. The predicted octanol–water partition coefficient (Wildman–Crippen LogP) is 2.34. The van der Waals surface area contributed by atoms with Gasteiger partial charge in [0.25, 0.3) is 0 Å². The second-order valence-electron chi connectivity index (χ2n) is 4.81. The molecule has 0 aliphatic rings. The van der Waals surface area contributed by atoms with Gasteiger partial charge in [-0.05, 0) is 36.2 Å². The minimum Gasteiger partial charge on any atom is -0.457 e. The normalized spacial score (nSPS) is 11.7. The first-order valence-electron chi connectivity index (χ1n) is 6.96. The van der Waals surface area contributed by atoms with Crippen LogP contribution in [0.4, 0.5) is 0 Å². The summed E-state index contributed by atoms with van der Waals surface area (Å²) < 4.78 is 5.79. The summed E-state index contributed by atoms with van der Waals surface area (Å²) in [7, 11) is 1.62. The number of amides is 1. The van der Waals surface area contributed by atoms with Crippen molar-refractivity contribution in [2.24, 2.45) is 11.7 Å². The van der Waals surface area contributed by atoms with Gasteiger partial charge < -0.3 is 15.8 Å². The highest BCUT2D eigenvalue weighted by molar-refractivity contribution is 5.78. The Morgan fingerprint density at radius 1 is 1.14 bits per heavy atom. The van der Waals surface area contributed by atoms with Crippen LogP contribution in [0.5, 0.6) is 11.5 Å². The predicted molar refractivity (Wildman–Crippen MR) is 83.3 cm³/mol. The Labute approximate surface area is 124 Å². The van der Waals surface area contributed by atoms with Crippen molar-refractivity contribution in [2.75, 3.05) is 13.6 Å². The van der Waals surface area contributed by atoms with Crippen LogP contribution in [0, 0.1) is 5.92 Å². The van der Waals surface area contributed by atoms with E-state index in [1.807, 2.05) is 54.6 Å². The fourth-order valence-corrected chi connectivity index (χ4v) is 2.13. The molecule has 2 rings (SSSR count). The van der Waals surface area contributed by atoms with E-state index in [1.54, 1.807) is 7.05 Å². The van der Waals surface area contributed by atoms with Crippen LogP contribution in [0.25, 0.3) is 0 Å². The molecule has 0 aliphatic heterocycles. The summed E-state index contributed by atoms with van der Waals surface area (Å²) in [5, 5.41) is 2.64. The van der Waals surface area contributed by atoms with Crippen LogP contribution in [0.15, 0.2) is 54.6 Å². The first-order chi connectivity index (χ1) is 10.2. The number of ether oxygens (including phenoxy) is 1. The zero-order valence-corrected chi connectivity index (χ0v) is 12.1. The molecule has 0 radical (unpaired) electrons. The number of benzene rings is 2. The zero-order valence-electron chi connectivity index (χ0n) is 12.1. The number of para-hydroxylation sites is 1. The highest BCUT2D eigenvalue weighted by Crippen LogP contribution is 2.22. The number of rotatable bonds is 6. The summed E-state index contributed by atoms with van der Waals surface area (Å²) in [6, 6.07) is 17.3. The minimum atomic E-state index is -0.220. The lowest BCUT2D eigenvalue weighted by atomic mass is 9.98. The lowest BCUT2D eigenvalue weighted by molar-refractivity contribution is -0.124. The van der Waals surface area contributed by atoms with E-state index in [1.165, 1.54) is 0 Å². The van der Waals surface area contributed by atoms with E-state index in [4.69, 9.17) is 10.5 Å². The average Bonchev–Trinajstić information content (AvgIpc) is 2.53. The standard InChI is InChI=1S/C17H20N2O2/c1-19-17(20)14(12-18)10-13-6-5-9-16(11-13)21-15-7-3-2-4-8-15/h2-9,11,14H,10,12,18H2,1H3,(H,19,20). The fourth-order valence-electron chi connectivity index (χ4n) is 2.13. The molecule has 0 saturated heterocycles. The van der Waals surface area contributed by atoms with Crippen molar-refractivity contribution in [1.29, 1.82) is 0 Å². The van der Waals surface area contributed by atoms with Crippen molar-refractivity contribution in [2.45, 2.75) is 6.42 Å². The van der Waals surface area contributed by atoms with Gasteiger partial charge in [-0.2, -0.15) is 0 Å². The van der Waals surface area contributed by atoms with Gasteiger partial charge in [-0.3, -0.25) is 4.79 Å². The van der Waals surface area contributed by atoms with Gasteiger partial charge in [-0.1, -0.05) is 30.3 Å². The van der Waals surface area contributed by atoms with Crippen molar-refractivity contribution in [3.05, 3.63) is 60.2 Å². The lowest BCUT2D eigenvalue weighted by Crippen LogP contribution is -2.34. The molecular formula is C17H20N2O2. The van der Waals surface area contributed by atoms with E-state index in [-0.39, 0.29) is 11.8 Å². The molecule has 2 aromatic rings. The molecule has 0 heterocycles. The van der Waals surface area contributed by atoms with E-state index in [0.29, 0.717) is 13.0 Å². The summed E-state index contributed by atoms with van der Waals surface area (Å²) in [6.45, 7) is 0.323. The largest absolute Gasteiger partial charge is 0.457 e. The maximum absolute atomic E-state index is 11.7. The second-order valence-corrected chi connectivity index (χ2v) is 4.81. The third-order valence-electron chi connectivity index (χ3n) is 3.26. The van der Waals surface area contributed by atoms with Gasteiger partial charge in [-0.25, -0.2) is 0 Å². The molecule has 110 valence electrons. The number of carbonyl (C=O) groups excluding carboxylic acids is 1. The third kappa shape index (κ3) is 4.33. The molecule has 0 spiro atoms. The Morgan fingerprint density at radius 3 is 2.52 bits per heavy atom. The Morgan fingerprint density at radius 2 is 1.86 bits per heavy atom. The van der Waals surface area contributed by atoms with Gasteiger partial charge >= 0.3 is 0 Å². The van der Waals surface area contributed by atoms with Crippen LogP contribution in [0.2, 0.25) is 0 Å². The molecule has 1 amide bonds. The van der Waals surface area contributed by atoms with Crippen molar-refractivity contribution < 1.29 is 9.53 Å². The Kier molecular flexibility index (Phi) is 5.35. The molecule has 4 nitrogen and oxygen atoms in total. The van der Waals surface area contributed by atoms with E-state index in [2.05, 4.69) is 5.32 Å². The molecular weight excluding hydrogens is 264 g/mol. The highest BCUT2D eigenvalue weighted by atomic mass is 16.5. The van der Waals surface area contributed by atoms with Crippen molar-refractivity contribution in [3.8, 4) is 11.5 Å². The summed E-state index contributed by atoms with van der Waals surface area (Å²) in [5.41, 5.74) is 6.70. The number of nitrogens with two attached hydrogens (primary N) is 1. The molecule has 1 atom stereocenters. The number of hydrogen-bond donors (Lipinski definition) is 2. The molecule has 0 aromatic heterocycles. The molecule has 0 aliphatic carbocycles. The van der Waals surface area contributed by atoms with Crippen LogP contribution < -0.4 is 15.8 Å². The summed E-state index contributed by atoms with van der Waals surface area (Å²) in [6.07, 6.45) is 0.599. The first-order valence-corrected chi connectivity index (χ1v) is 6.96. The van der Waals surface area contributed by atoms with Gasteiger partial charge in [0.15, 0.2) is 0 Å². The highest BCUT2D eigenvalue weighted by Gasteiger charge is 2.16. The number of carbonyl (C=O) groups is 1. The maximum Gasteiger partial charge on any atom is 0.224 e. The molecule has 21 heavy (non-hydrogen) atoms. The molecule has 4 heteroatoms. The Bertz CT molecular complexity index is 584. The number of nitrogens with one attached hydrogen (secondary N) is 1. The van der Waals surface area contributed by atoms with Crippen molar-refractivity contribution in [1.82, 2.24) is 5.32 Å². The Hall–Kier alpha value is -2.33. The van der Waals surface area contributed by atoms with Gasteiger partial charge in [0.05, 0.1) is 5.92 Å². The quantitative estimate of drug-likeness (QED) is 0.855. The van der Waals surface area contributed by atoms with Gasteiger partial charge in [-0.15, -0.1) is 0 Å². The van der Waals surface area contributed by atoms with Crippen molar-refractivity contribution >= 4 is 5.91 Å². The molecule has 0 fully saturated rings. The first kappa shape index (κ1) is 15.1. The summed E-state index contributed by atoms with van der Waals surface area (Å²) >= 11 is 0. The van der Waals surface area contributed by atoms with E-state index >= 15 is 0 Å². The summed E-state index contributed by atoms with van der Waals surface area (Å²) in [4.78, 5) is 11.7. The van der Waals surface area contributed by atoms with Crippen LogP contribution in [0.1, 0.15) is 5.56 Å². The Balaban J connectivity index is 2.08. The molecule has 2 aromatic carbocycles. The average molecular weight is 284 g/mol. The van der Waals surface area contributed by atoms with Gasteiger partial charge in [0.2, 0.25) is 5.91 Å². The van der Waals surface area contributed by atoms with Crippen LogP contribution >= 0.6 is 0 Å². The monoisotopic (exact) mass is 284 g/mol. The lowest BCUT2D eigenvalue weighted by Gasteiger charge is -2.14. The maximum atomic E-state index is 11.7. The second kappa shape index (κ2) is 7.45. The van der Waals surface area contributed by atoms with Crippen molar-refractivity contribution in [3.63, 3.8) is 0 Å². The molecule has 0 bridgehead atoms. The smallest absolute Gasteiger partial charge is 0.224 e. The van der Waals surface area contributed by atoms with Crippen LogP contribution in [-0.4, -0.2) is 19.5 Å². The fraction of sp³-hybridized carbons (Fsp3) is 0.235. The van der Waals surface area contributed by atoms with E-state index in [0.717, 1.165) is 17.1 Å². The molecule has 3 N–H and O–H groups in total. The third-order valence-corrected chi connectivity index (χ3v) is 3.26. The van der Waals surface area contributed by atoms with E-state index in [9.17, 15) is 4.79 Å². The van der Waals surface area contributed by atoms with Crippen LogP contribution in [-0.2, 0) is 11.2 Å². The summed E-state index contributed by atoms with van der Waals surface area (Å²) in [5.74, 6) is 1.29. The van der Waals surface area contributed by atoms with Crippen LogP contribution in [0.3, 0.4) is 0 Å². The topological polar surface area (TPSA) is 64.4 Å². The minimum absolute atomic E-state index is 0.0353. The van der Waals surface area contributed by atoms with Gasteiger partial charge in [0, 0.05) is 13.6 Å². The zero-order chi connectivity index (χ0) is 15.1. The molecule has 0 saturated carbocycles. The van der Waals surface area contributed by atoms with E-state index < -0.39 is 0 Å². The molecule has 1 unspecified atom stereocenters. The van der Waals surface area contributed by atoms with Gasteiger partial charge in [0.1, 0.15) is 11.5 Å².